The van der Waals surface area contributed by atoms with Crippen LogP contribution in [0.15, 0.2) is 17.0 Å². The molecule has 0 radical (unpaired) electrons. The van der Waals surface area contributed by atoms with Crippen molar-refractivity contribution in [3.05, 3.63) is 27.7 Å². The topological polar surface area (TPSA) is 60.2 Å². The normalized spacial score (nSPS) is 12.5. The molecule has 0 saturated carbocycles. The Balaban J connectivity index is 3.38. The zero-order chi connectivity index (χ0) is 10.0. The van der Waals surface area contributed by atoms with E-state index in [4.69, 9.17) is 28.3 Å². The summed E-state index contributed by atoms with van der Waals surface area (Å²) in [6.45, 7) is 0. The lowest BCUT2D eigenvalue weighted by atomic mass is 10.2. The molecule has 0 aliphatic carbocycles. The van der Waals surface area contributed by atoms with Gasteiger partial charge in [-0.05, 0) is 12.1 Å². The molecule has 0 spiro atoms. The van der Waals surface area contributed by atoms with Gasteiger partial charge in [-0.1, -0.05) is 23.2 Å². The molecule has 70 valence electrons. The molecule has 0 heterocycles. The lowest BCUT2D eigenvalue weighted by molar-refractivity contribution is 0.112. The number of nitrogens with two attached hydrogens (primary N) is 1. The Morgan fingerprint density at radius 3 is 2.46 bits per heavy atom. The van der Waals surface area contributed by atoms with Gasteiger partial charge in [-0.25, -0.2) is 9.35 Å². The van der Waals surface area contributed by atoms with E-state index < -0.39 is 11.0 Å². The van der Waals surface area contributed by atoms with Gasteiger partial charge in [0, 0.05) is 5.56 Å². The minimum Gasteiger partial charge on any atom is -0.298 e. The monoisotopic (exact) mass is 237 g/mol. The third-order valence-electron chi connectivity index (χ3n) is 1.39. The molecule has 1 rings (SSSR count). The summed E-state index contributed by atoms with van der Waals surface area (Å²) in [6.07, 6.45) is 0.532. The second-order valence-corrected chi connectivity index (χ2v) is 4.07. The van der Waals surface area contributed by atoms with Crippen LogP contribution in [0.5, 0.6) is 0 Å². The van der Waals surface area contributed by atoms with Crippen LogP contribution >= 0.6 is 23.2 Å². The number of carbonyl (C=O) groups excluding carboxylic acids is 1. The number of aldehydes is 1. The lowest BCUT2D eigenvalue weighted by Crippen LogP contribution is -2.03. The van der Waals surface area contributed by atoms with Gasteiger partial charge in [0.1, 0.15) is 11.0 Å². The van der Waals surface area contributed by atoms with Crippen LogP contribution in [-0.2, 0) is 11.0 Å². The second kappa shape index (κ2) is 4.19. The first-order valence-corrected chi connectivity index (χ1v) is 5.13. The standard InChI is InChI=1S/C7H5Cl2NO2S/c8-6-2-5(13(10)12)1-4(3-11)7(6)9/h1-3H,10H2. The van der Waals surface area contributed by atoms with Crippen LogP contribution in [0.3, 0.4) is 0 Å². The quantitative estimate of drug-likeness (QED) is 0.798. The Bertz CT molecular complexity index is 381. The molecule has 0 aromatic heterocycles. The number of benzene rings is 1. The molecule has 0 saturated heterocycles. The average molecular weight is 238 g/mol. The smallest absolute Gasteiger partial charge is 0.151 e. The molecule has 0 bridgehead atoms. The summed E-state index contributed by atoms with van der Waals surface area (Å²) in [5, 5.41) is 5.42. The van der Waals surface area contributed by atoms with Gasteiger partial charge in [0.2, 0.25) is 0 Å². The minimum atomic E-state index is -1.66. The highest BCUT2D eigenvalue weighted by Crippen LogP contribution is 2.27. The molecule has 1 atom stereocenters. The summed E-state index contributed by atoms with van der Waals surface area (Å²) in [5.74, 6) is 0. The summed E-state index contributed by atoms with van der Waals surface area (Å²) in [7, 11) is -1.66. The molecule has 13 heavy (non-hydrogen) atoms. The molecule has 0 aliphatic rings. The fourth-order valence-electron chi connectivity index (χ4n) is 0.786. The zero-order valence-electron chi connectivity index (χ0n) is 6.29. The summed E-state index contributed by atoms with van der Waals surface area (Å²) < 4.78 is 10.8. The van der Waals surface area contributed by atoms with Gasteiger partial charge >= 0.3 is 0 Å². The van der Waals surface area contributed by atoms with Crippen molar-refractivity contribution in [3.63, 3.8) is 0 Å². The van der Waals surface area contributed by atoms with Gasteiger partial charge in [-0.2, -0.15) is 0 Å². The molecule has 1 aromatic carbocycles. The van der Waals surface area contributed by atoms with Crippen molar-refractivity contribution in [1.29, 1.82) is 0 Å². The largest absolute Gasteiger partial charge is 0.298 e. The first-order valence-electron chi connectivity index (χ1n) is 3.16. The van der Waals surface area contributed by atoms with E-state index >= 15 is 0 Å². The van der Waals surface area contributed by atoms with Crippen molar-refractivity contribution in [3.8, 4) is 0 Å². The molecule has 1 unspecified atom stereocenters. The second-order valence-electron chi connectivity index (χ2n) is 2.22. The average Bonchev–Trinajstić information content (AvgIpc) is 2.09. The molecule has 0 fully saturated rings. The summed E-state index contributed by atoms with van der Waals surface area (Å²) in [6, 6.07) is 2.71. The Hall–Kier alpha value is -0.420. The van der Waals surface area contributed by atoms with E-state index in [0.717, 1.165) is 0 Å². The fraction of sp³-hybridized carbons (Fsp3) is 0. The van der Waals surface area contributed by atoms with Crippen LogP contribution < -0.4 is 5.14 Å². The summed E-state index contributed by atoms with van der Waals surface area (Å²) >= 11 is 11.3. The fourth-order valence-corrected chi connectivity index (χ4v) is 1.71. The van der Waals surface area contributed by atoms with Crippen LogP contribution in [0.4, 0.5) is 0 Å². The van der Waals surface area contributed by atoms with Crippen molar-refractivity contribution >= 4 is 40.5 Å². The van der Waals surface area contributed by atoms with E-state index in [0.29, 0.717) is 6.29 Å². The number of hydrogen-bond acceptors (Lipinski definition) is 2. The Morgan fingerprint density at radius 2 is 2.00 bits per heavy atom. The molecule has 6 heteroatoms. The third-order valence-corrected chi connectivity index (χ3v) is 2.91. The predicted molar refractivity (Wildman–Crippen MR) is 52.4 cm³/mol. The van der Waals surface area contributed by atoms with Gasteiger partial charge in [0.25, 0.3) is 0 Å². The number of hydrogen-bond donors (Lipinski definition) is 1. The van der Waals surface area contributed by atoms with Crippen LogP contribution in [0, 0.1) is 0 Å². The van der Waals surface area contributed by atoms with E-state index in [2.05, 4.69) is 0 Å². The highest BCUT2D eigenvalue weighted by molar-refractivity contribution is 7.82. The van der Waals surface area contributed by atoms with Crippen molar-refractivity contribution in [2.75, 3.05) is 0 Å². The number of halogens is 2. The van der Waals surface area contributed by atoms with Crippen LogP contribution in [0.1, 0.15) is 10.4 Å². The van der Waals surface area contributed by atoms with E-state index in [9.17, 15) is 9.00 Å². The van der Waals surface area contributed by atoms with E-state index in [-0.39, 0.29) is 20.5 Å². The Kier molecular flexibility index (Phi) is 3.44. The van der Waals surface area contributed by atoms with Crippen LogP contribution in [0.25, 0.3) is 0 Å². The van der Waals surface area contributed by atoms with Crippen molar-refractivity contribution in [2.45, 2.75) is 4.90 Å². The highest BCUT2D eigenvalue weighted by atomic mass is 35.5. The molecule has 0 amide bonds. The maximum Gasteiger partial charge on any atom is 0.151 e. The maximum atomic E-state index is 10.8. The first kappa shape index (κ1) is 10.7. The summed E-state index contributed by atoms with van der Waals surface area (Å²) in [4.78, 5) is 10.7. The van der Waals surface area contributed by atoms with Crippen LogP contribution in [-0.4, -0.2) is 10.5 Å². The molecule has 0 aliphatic heterocycles. The van der Waals surface area contributed by atoms with Crippen molar-refractivity contribution < 1.29 is 9.00 Å². The third kappa shape index (κ3) is 2.28. The Labute approximate surface area is 87.4 Å². The minimum absolute atomic E-state index is 0.144. The van der Waals surface area contributed by atoms with Crippen molar-refractivity contribution in [2.24, 2.45) is 5.14 Å². The van der Waals surface area contributed by atoms with Gasteiger partial charge in [0.15, 0.2) is 6.29 Å². The molecule has 1 aromatic rings. The summed E-state index contributed by atoms with van der Waals surface area (Å²) in [5.41, 5.74) is 0.183. The first-order chi connectivity index (χ1) is 6.06. The molecule has 3 nitrogen and oxygen atoms in total. The predicted octanol–water partition coefficient (Wildman–Crippen LogP) is 1.79. The number of rotatable bonds is 2. The van der Waals surface area contributed by atoms with Crippen LogP contribution in [0.2, 0.25) is 10.0 Å². The van der Waals surface area contributed by atoms with Gasteiger partial charge < -0.3 is 0 Å². The van der Waals surface area contributed by atoms with E-state index in [1.165, 1.54) is 12.1 Å². The molecule has 2 N–H and O–H groups in total. The highest BCUT2D eigenvalue weighted by Gasteiger charge is 2.08. The zero-order valence-corrected chi connectivity index (χ0v) is 8.62. The molecular formula is C7H5Cl2NO2S. The molecular weight excluding hydrogens is 233 g/mol. The van der Waals surface area contributed by atoms with Gasteiger partial charge in [0.05, 0.1) is 14.9 Å². The lowest BCUT2D eigenvalue weighted by Gasteiger charge is -2.02. The maximum absolute atomic E-state index is 10.8. The van der Waals surface area contributed by atoms with Gasteiger partial charge in [-0.15, -0.1) is 0 Å². The van der Waals surface area contributed by atoms with Gasteiger partial charge in [-0.3, -0.25) is 4.79 Å². The van der Waals surface area contributed by atoms with E-state index in [1.54, 1.807) is 0 Å². The number of carbonyl (C=O) groups is 1. The van der Waals surface area contributed by atoms with Crippen molar-refractivity contribution in [1.82, 2.24) is 0 Å². The Morgan fingerprint density at radius 1 is 1.38 bits per heavy atom. The SMILES string of the molecule is NS(=O)c1cc(Cl)c(Cl)c(C=O)c1. The van der Waals surface area contributed by atoms with E-state index in [1.807, 2.05) is 0 Å².